The third kappa shape index (κ3) is 3.26. The molecule has 1 heterocycles. The van der Waals surface area contributed by atoms with Gasteiger partial charge in [-0.2, -0.15) is 0 Å². The van der Waals surface area contributed by atoms with E-state index in [4.69, 9.17) is 5.73 Å². The van der Waals surface area contributed by atoms with Crippen LogP contribution in [0.3, 0.4) is 0 Å². The Hall–Kier alpha value is -1.55. The van der Waals surface area contributed by atoms with Gasteiger partial charge in [-0.3, -0.25) is 0 Å². The van der Waals surface area contributed by atoms with Gasteiger partial charge in [-0.05, 0) is 31.0 Å². The van der Waals surface area contributed by atoms with Gasteiger partial charge in [-0.25, -0.2) is 4.98 Å². The fraction of sp³-hybridized carbons (Fsp3) is 0.533. The van der Waals surface area contributed by atoms with Crippen LogP contribution in [0.2, 0.25) is 0 Å². The molecule has 4 nitrogen and oxygen atoms in total. The molecule has 19 heavy (non-hydrogen) atoms. The molecule has 1 aromatic heterocycles. The Morgan fingerprint density at radius 3 is 2.89 bits per heavy atom. The van der Waals surface area contributed by atoms with Gasteiger partial charge in [0.2, 0.25) is 5.95 Å². The SMILES string of the molecule is CCCCCNc1nc2cc(C)ccc2n1CCN. The fourth-order valence-corrected chi connectivity index (χ4v) is 2.31. The first-order chi connectivity index (χ1) is 9.26. The number of anilines is 1. The molecule has 0 saturated carbocycles. The minimum absolute atomic E-state index is 0.628. The van der Waals surface area contributed by atoms with Crippen molar-refractivity contribution in [3.8, 4) is 0 Å². The normalized spacial score (nSPS) is 11.1. The van der Waals surface area contributed by atoms with Crippen LogP contribution < -0.4 is 11.1 Å². The number of aromatic nitrogens is 2. The van der Waals surface area contributed by atoms with Crippen molar-refractivity contribution in [2.45, 2.75) is 39.7 Å². The standard InChI is InChI=1S/C15H24N4/c1-3-4-5-9-17-15-18-13-11-12(2)6-7-14(13)19(15)10-8-16/h6-7,11H,3-5,8-10,16H2,1-2H3,(H,17,18). The molecule has 0 atom stereocenters. The predicted octanol–water partition coefficient (Wildman–Crippen LogP) is 2.91. The summed E-state index contributed by atoms with van der Waals surface area (Å²) < 4.78 is 2.18. The fourth-order valence-electron chi connectivity index (χ4n) is 2.31. The van der Waals surface area contributed by atoms with Crippen LogP contribution in [0.25, 0.3) is 11.0 Å². The second kappa shape index (κ2) is 6.57. The van der Waals surface area contributed by atoms with E-state index in [2.05, 4.69) is 46.9 Å². The molecule has 0 bridgehead atoms. The van der Waals surface area contributed by atoms with E-state index in [1.165, 1.54) is 24.8 Å². The molecule has 0 saturated heterocycles. The van der Waals surface area contributed by atoms with Gasteiger partial charge in [-0.15, -0.1) is 0 Å². The van der Waals surface area contributed by atoms with Gasteiger partial charge in [0.1, 0.15) is 0 Å². The van der Waals surface area contributed by atoms with Crippen LogP contribution in [0.1, 0.15) is 31.7 Å². The number of nitrogens with one attached hydrogen (secondary N) is 1. The molecule has 2 aromatic rings. The lowest BCUT2D eigenvalue weighted by Gasteiger charge is -2.09. The van der Waals surface area contributed by atoms with E-state index in [1.807, 2.05) is 0 Å². The first kappa shape index (κ1) is 13.9. The molecule has 1 aromatic carbocycles. The average molecular weight is 260 g/mol. The number of benzene rings is 1. The molecule has 0 aliphatic carbocycles. The first-order valence-corrected chi connectivity index (χ1v) is 7.17. The number of fused-ring (bicyclic) bond motifs is 1. The van der Waals surface area contributed by atoms with Gasteiger partial charge < -0.3 is 15.6 Å². The van der Waals surface area contributed by atoms with Crippen molar-refractivity contribution in [2.75, 3.05) is 18.4 Å². The number of rotatable bonds is 7. The number of unbranched alkanes of at least 4 members (excludes halogenated alkanes) is 2. The van der Waals surface area contributed by atoms with Crippen LogP contribution in [0.15, 0.2) is 18.2 Å². The minimum atomic E-state index is 0.628. The van der Waals surface area contributed by atoms with Gasteiger partial charge >= 0.3 is 0 Å². The zero-order valence-electron chi connectivity index (χ0n) is 11.9. The molecule has 0 radical (unpaired) electrons. The van der Waals surface area contributed by atoms with Gasteiger partial charge in [-0.1, -0.05) is 25.8 Å². The summed E-state index contributed by atoms with van der Waals surface area (Å²) in [6.07, 6.45) is 3.67. The van der Waals surface area contributed by atoms with Crippen molar-refractivity contribution < 1.29 is 0 Å². The van der Waals surface area contributed by atoms with Gasteiger partial charge in [0.15, 0.2) is 0 Å². The summed E-state index contributed by atoms with van der Waals surface area (Å²) in [5, 5.41) is 3.44. The van der Waals surface area contributed by atoms with E-state index in [9.17, 15) is 0 Å². The summed E-state index contributed by atoms with van der Waals surface area (Å²) in [5.74, 6) is 0.946. The van der Waals surface area contributed by atoms with Gasteiger partial charge in [0.25, 0.3) is 0 Å². The number of hydrogen-bond acceptors (Lipinski definition) is 3. The van der Waals surface area contributed by atoms with Crippen molar-refractivity contribution in [1.82, 2.24) is 9.55 Å². The molecule has 0 spiro atoms. The Balaban J connectivity index is 2.22. The lowest BCUT2D eigenvalue weighted by molar-refractivity contribution is 0.710. The smallest absolute Gasteiger partial charge is 0.203 e. The number of nitrogens with two attached hydrogens (primary N) is 1. The molecule has 104 valence electrons. The summed E-state index contributed by atoms with van der Waals surface area (Å²) in [6.45, 7) is 6.71. The molecule has 0 aliphatic rings. The van der Waals surface area contributed by atoms with Crippen molar-refractivity contribution in [1.29, 1.82) is 0 Å². The summed E-state index contributed by atoms with van der Waals surface area (Å²) in [6, 6.07) is 6.38. The van der Waals surface area contributed by atoms with E-state index in [-0.39, 0.29) is 0 Å². The van der Waals surface area contributed by atoms with Crippen LogP contribution in [-0.2, 0) is 6.54 Å². The second-order valence-electron chi connectivity index (χ2n) is 5.00. The first-order valence-electron chi connectivity index (χ1n) is 7.17. The molecule has 4 heteroatoms. The number of imidazole rings is 1. The maximum Gasteiger partial charge on any atom is 0.203 e. The zero-order chi connectivity index (χ0) is 13.7. The zero-order valence-corrected chi connectivity index (χ0v) is 11.9. The third-order valence-corrected chi connectivity index (χ3v) is 3.32. The summed E-state index contributed by atoms with van der Waals surface area (Å²) >= 11 is 0. The lowest BCUT2D eigenvalue weighted by Crippen LogP contribution is -2.14. The second-order valence-corrected chi connectivity index (χ2v) is 5.00. The number of nitrogens with zero attached hydrogens (tertiary/aromatic N) is 2. The van der Waals surface area contributed by atoms with E-state index in [1.54, 1.807) is 0 Å². The Labute approximate surface area is 115 Å². The van der Waals surface area contributed by atoms with E-state index in [0.717, 1.165) is 30.1 Å². The number of aryl methyl sites for hydroxylation is 1. The quantitative estimate of drug-likeness (QED) is 0.753. The largest absolute Gasteiger partial charge is 0.356 e. The molecular formula is C15H24N4. The van der Waals surface area contributed by atoms with E-state index < -0.39 is 0 Å². The Morgan fingerprint density at radius 1 is 1.32 bits per heavy atom. The third-order valence-electron chi connectivity index (χ3n) is 3.32. The Morgan fingerprint density at radius 2 is 2.16 bits per heavy atom. The van der Waals surface area contributed by atoms with Crippen molar-refractivity contribution in [3.63, 3.8) is 0 Å². The maximum absolute atomic E-state index is 5.71. The highest BCUT2D eigenvalue weighted by atomic mass is 15.2. The van der Waals surface area contributed by atoms with E-state index >= 15 is 0 Å². The highest BCUT2D eigenvalue weighted by Gasteiger charge is 2.09. The van der Waals surface area contributed by atoms with E-state index in [0.29, 0.717) is 6.54 Å². The molecule has 0 amide bonds. The molecule has 0 fully saturated rings. The highest BCUT2D eigenvalue weighted by molar-refractivity contribution is 5.79. The number of hydrogen-bond donors (Lipinski definition) is 2. The van der Waals surface area contributed by atoms with Crippen molar-refractivity contribution in [3.05, 3.63) is 23.8 Å². The Kier molecular flexibility index (Phi) is 4.80. The van der Waals surface area contributed by atoms with Crippen molar-refractivity contribution in [2.24, 2.45) is 5.73 Å². The average Bonchev–Trinajstić information content (AvgIpc) is 2.73. The van der Waals surface area contributed by atoms with Gasteiger partial charge in [0.05, 0.1) is 11.0 Å². The summed E-state index contributed by atoms with van der Waals surface area (Å²) in [7, 11) is 0. The Bertz CT molecular complexity index is 530. The monoisotopic (exact) mass is 260 g/mol. The lowest BCUT2D eigenvalue weighted by atomic mass is 10.2. The molecular weight excluding hydrogens is 236 g/mol. The minimum Gasteiger partial charge on any atom is -0.356 e. The van der Waals surface area contributed by atoms with Crippen LogP contribution >= 0.6 is 0 Å². The van der Waals surface area contributed by atoms with Gasteiger partial charge in [0, 0.05) is 19.6 Å². The molecule has 3 N–H and O–H groups in total. The van der Waals surface area contributed by atoms with Crippen LogP contribution in [-0.4, -0.2) is 22.6 Å². The maximum atomic E-state index is 5.71. The molecule has 2 rings (SSSR count). The highest BCUT2D eigenvalue weighted by Crippen LogP contribution is 2.20. The molecule has 0 unspecified atom stereocenters. The topological polar surface area (TPSA) is 55.9 Å². The van der Waals surface area contributed by atoms with Crippen LogP contribution in [0.5, 0.6) is 0 Å². The molecule has 0 aliphatic heterocycles. The summed E-state index contributed by atoms with van der Waals surface area (Å²) in [5.41, 5.74) is 9.16. The predicted molar refractivity (Wildman–Crippen MR) is 81.5 cm³/mol. The summed E-state index contributed by atoms with van der Waals surface area (Å²) in [4.78, 5) is 4.69. The van der Waals surface area contributed by atoms with Crippen molar-refractivity contribution >= 4 is 17.0 Å². The van der Waals surface area contributed by atoms with Crippen LogP contribution in [0.4, 0.5) is 5.95 Å². The van der Waals surface area contributed by atoms with Crippen LogP contribution in [0, 0.1) is 6.92 Å².